The first-order valence-corrected chi connectivity index (χ1v) is 3.86. The van der Waals surface area contributed by atoms with Crippen LogP contribution < -0.4 is 4.74 Å². The maximum Gasteiger partial charge on any atom is 0.200 e. The smallest absolute Gasteiger partial charge is 0.200 e. The Balaban J connectivity index is 2.71. The average molecular weight is 188 g/mol. The Bertz CT molecular complexity index is 287. The third-order valence-electron chi connectivity index (χ3n) is 1.40. The number of halogens is 2. The van der Waals surface area contributed by atoms with Gasteiger partial charge in [-0.3, -0.25) is 0 Å². The second kappa shape index (κ2) is 4.18. The zero-order valence-electron chi connectivity index (χ0n) is 7.13. The molecule has 0 spiro atoms. The molecule has 0 heterocycles. The van der Waals surface area contributed by atoms with Gasteiger partial charge in [-0.25, -0.2) is 4.39 Å². The van der Waals surface area contributed by atoms with Gasteiger partial charge in [0.25, 0.3) is 0 Å². The fraction of sp³-hybridized carbons (Fsp3) is 0.333. The number of benzene rings is 1. The van der Waals surface area contributed by atoms with Gasteiger partial charge >= 0.3 is 0 Å². The molecule has 0 aromatic heterocycles. The van der Waals surface area contributed by atoms with E-state index in [-0.39, 0.29) is 12.4 Å². The molecule has 0 saturated carbocycles. The van der Waals surface area contributed by atoms with Crippen LogP contribution in [-0.4, -0.2) is 17.8 Å². The van der Waals surface area contributed by atoms with Gasteiger partial charge in [0.15, 0.2) is 11.6 Å². The summed E-state index contributed by atoms with van der Waals surface area (Å²) < 4.78 is 30.3. The van der Waals surface area contributed by atoms with E-state index in [1.165, 1.54) is 19.1 Å². The first-order valence-electron chi connectivity index (χ1n) is 3.86. The summed E-state index contributed by atoms with van der Waals surface area (Å²) in [5.41, 5.74) is 0. The van der Waals surface area contributed by atoms with Crippen LogP contribution in [0.4, 0.5) is 8.78 Å². The molecule has 1 unspecified atom stereocenters. The monoisotopic (exact) mass is 188 g/mol. The molecule has 0 aliphatic rings. The molecule has 1 rings (SSSR count). The molecule has 0 bridgehead atoms. The van der Waals surface area contributed by atoms with Crippen LogP contribution in [-0.2, 0) is 0 Å². The highest BCUT2D eigenvalue weighted by Gasteiger charge is 2.08. The van der Waals surface area contributed by atoms with Crippen LogP contribution in [0.5, 0.6) is 5.75 Å². The molecule has 0 aliphatic heterocycles. The average Bonchev–Trinajstić information content (AvgIpc) is 2.07. The summed E-state index contributed by atoms with van der Waals surface area (Å²) in [6.45, 7) is 1.44. The molecule has 1 atom stereocenters. The molecule has 13 heavy (non-hydrogen) atoms. The van der Waals surface area contributed by atoms with E-state index in [1.54, 1.807) is 0 Å². The SMILES string of the molecule is CC(O)COc1cccc(F)c1F. The van der Waals surface area contributed by atoms with Crippen molar-refractivity contribution in [3.05, 3.63) is 29.8 Å². The molecule has 0 fully saturated rings. The lowest BCUT2D eigenvalue weighted by molar-refractivity contribution is 0.119. The van der Waals surface area contributed by atoms with Crippen LogP contribution in [0.1, 0.15) is 6.92 Å². The topological polar surface area (TPSA) is 29.5 Å². The summed E-state index contributed by atoms with van der Waals surface area (Å²) in [6.07, 6.45) is -0.706. The largest absolute Gasteiger partial charge is 0.488 e. The van der Waals surface area contributed by atoms with E-state index < -0.39 is 17.7 Å². The molecule has 0 aliphatic carbocycles. The predicted octanol–water partition coefficient (Wildman–Crippen LogP) is 1.72. The van der Waals surface area contributed by atoms with Crippen molar-refractivity contribution in [2.24, 2.45) is 0 Å². The molecule has 0 radical (unpaired) electrons. The Morgan fingerprint density at radius 3 is 2.77 bits per heavy atom. The van der Waals surface area contributed by atoms with Crippen molar-refractivity contribution in [2.75, 3.05) is 6.61 Å². The summed E-state index contributed by atoms with van der Waals surface area (Å²) in [7, 11) is 0. The van der Waals surface area contributed by atoms with Gasteiger partial charge in [-0.15, -0.1) is 0 Å². The van der Waals surface area contributed by atoms with E-state index in [0.717, 1.165) is 6.07 Å². The van der Waals surface area contributed by atoms with E-state index in [1.807, 2.05) is 0 Å². The number of ether oxygens (including phenoxy) is 1. The van der Waals surface area contributed by atoms with Crippen molar-refractivity contribution >= 4 is 0 Å². The van der Waals surface area contributed by atoms with Gasteiger partial charge in [-0.05, 0) is 19.1 Å². The molecule has 72 valence electrons. The molecular formula is C9H10F2O2. The Morgan fingerprint density at radius 1 is 1.46 bits per heavy atom. The molecule has 0 amide bonds. The number of rotatable bonds is 3. The molecule has 2 nitrogen and oxygen atoms in total. The second-order valence-corrected chi connectivity index (χ2v) is 2.71. The van der Waals surface area contributed by atoms with Crippen LogP contribution in [0, 0.1) is 11.6 Å². The van der Waals surface area contributed by atoms with Gasteiger partial charge in [-0.2, -0.15) is 4.39 Å². The quantitative estimate of drug-likeness (QED) is 0.782. The minimum Gasteiger partial charge on any atom is -0.488 e. The Hall–Kier alpha value is -1.16. The molecule has 1 aromatic carbocycles. The number of aliphatic hydroxyl groups is 1. The maximum atomic E-state index is 12.9. The third kappa shape index (κ3) is 2.66. The van der Waals surface area contributed by atoms with Crippen molar-refractivity contribution in [2.45, 2.75) is 13.0 Å². The van der Waals surface area contributed by atoms with E-state index >= 15 is 0 Å². The van der Waals surface area contributed by atoms with Crippen molar-refractivity contribution in [3.63, 3.8) is 0 Å². The van der Waals surface area contributed by atoms with Crippen LogP contribution in [0.2, 0.25) is 0 Å². The second-order valence-electron chi connectivity index (χ2n) is 2.71. The highest BCUT2D eigenvalue weighted by Crippen LogP contribution is 2.18. The van der Waals surface area contributed by atoms with Crippen LogP contribution in [0.15, 0.2) is 18.2 Å². The summed E-state index contributed by atoms with van der Waals surface area (Å²) in [5, 5.41) is 8.83. The fourth-order valence-corrected chi connectivity index (χ4v) is 0.806. The summed E-state index contributed by atoms with van der Waals surface area (Å²) in [6, 6.07) is 3.65. The van der Waals surface area contributed by atoms with Crippen LogP contribution in [0.3, 0.4) is 0 Å². The number of hydrogen-bond acceptors (Lipinski definition) is 2. The summed E-state index contributed by atoms with van der Waals surface area (Å²) in [4.78, 5) is 0. The molecule has 1 N–H and O–H groups in total. The molecule has 0 saturated heterocycles. The van der Waals surface area contributed by atoms with Crippen LogP contribution >= 0.6 is 0 Å². The molecule has 1 aromatic rings. The summed E-state index contributed by atoms with van der Waals surface area (Å²) >= 11 is 0. The fourth-order valence-electron chi connectivity index (χ4n) is 0.806. The Labute approximate surface area is 74.8 Å². The summed E-state index contributed by atoms with van der Waals surface area (Å²) in [5.74, 6) is -2.16. The zero-order chi connectivity index (χ0) is 9.84. The minimum atomic E-state index is -1.02. The van der Waals surface area contributed by atoms with E-state index in [0.29, 0.717) is 0 Å². The van der Waals surface area contributed by atoms with Crippen molar-refractivity contribution < 1.29 is 18.6 Å². The van der Waals surface area contributed by atoms with Gasteiger partial charge in [0.05, 0.1) is 6.10 Å². The maximum absolute atomic E-state index is 12.9. The van der Waals surface area contributed by atoms with Gasteiger partial charge in [0.1, 0.15) is 6.61 Å². The van der Waals surface area contributed by atoms with Crippen molar-refractivity contribution in [1.29, 1.82) is 0 Å². The number of hydrogen-bond donors (Lipinski definition) is 1. The zero-order valence-corrected chi connectivity index (χ0v) is 7.13. The molecule has 4 heteroatoms. The van der Waals surface area contributed by atoms with Gasteiger partial charge in [-0.1, -0.05) is 6.07 Å². The lowest BCUT2D eigenvalue weighted by atomic mass is 10.3. The van der Waals surface area contributed by atoms with Gasteiger partial charge < -0.3 is 9.84 Å². The minimum absolute atomic E-state index is 0.0552. The van der Waals surface area contributed by atoms with Gasteiger partial charge in [0, 0.05) is 0 Å². The van der Waals surface area contributed by atoms with Crippen molar-refractivity contribution in [3.8, 4) is 5.75 Å². The van der Waals surface area contributed by atoms with Gasteiger partial charge in [0.2, 0.25) is 5.82 Å². The highest BCUT2D eigenvalue weighted by atomic mass is 19.2. The third-order valence-corrected chi connectivity index (χ3v) is 1.40. The standard InChI is InChI=1S/C9H10F2O2/c1-6(12)5-13-8-4-2-3-7(10)9(8)11/h2-4,6,12H,5H2,1H3. The first-order chi connectivity index (χ1) is 6.11. The molecular weight excluding hydrogens is 178 g/mol. The normalized spacial score (nSPS) is 12.6. The number of aliphatic hydroxyl groups excluding tert-OH is 1. The van der Waals surface area contributed by atoms with E-state index in [4.69, 9.17) is 9.84 Å². The Morgan fingerprint density at radius 2 is 2.15 bits per heavy atom. The lowest BCUT2D eigenvalue weighted by Crippen LogP contribution is -2.13. The van der Waals surface area contributed by atoms with E-state index in [9.17, 15) is 8.78 Å². The first kappa shape index (κ1) is 9.92. The van der Waals surface area contributed by atoms with E-state index in [2.05, 4.69) is 0 Å². The Kier molecular flexibility index (Phi) is 3.19. The highest BCUT2D eigenvalue weighted by molar-refractivity contribution is 5.24. The lowest BCUT2D eigenvalue weighted by Gasteiger charge is -2.08. The van der Waals surface area contributed by atoms with Crippen molar-refractivity contribution in [1.82, 2.24) is 0 Å². The predicted molar refractivity (Wildman–Crippen MR) is 43.5 cm³/mol. The van der Waals surface area contributed by atoms with Crippen LogP contribution in [0.25, 0.3) is 0 Å².